The van der Waals surface area contributed by atoms with Crippen molar-refractivity contribution in [2.45, 2.75) is 30.4 Å². The number of cyclic esters (lactones) is 1. The third kappa shape index (κ3) is 3.33. The van der Waals surface area contributed by atoms with Crippen LogP contribution in [0.4, 0.5) is 10.5 Å². The number of amides is 1. The highest BCUT2D eigenvalue weighted by Gasteiger charge is 2.36. The standard InChI is InChI=1S/C20H22N2O5S/c1-26-17-6-8-18(9-7-17)28(24,25)21-12-10-16(11-13-21)22-19-5-3-2-4-15(19)14-27-20(22)23/h2-9,16H,10-14H2,1H3. The smallest absolute Gasteiger partial charge is 0.414 e. The van der Waals surface area contributed by atoms with Gasteiger partial charge >= 0.3 is 6.09 Å². The van der Waals surface area contributed by atoms with Crippen molar-refractivity contribution in [1.29, 1.82) is 0 Å². The molecule has 0 N–H and O–H groups in total. The molecule has 148 valence electrons. The first-order valence-corrected chi connectivity index (χ1v) is 10.6. The summed E-state index contributed by atoms with van der Waals surface area (Å²) in [5.74, 6) is 0.611. The van der Waals surface area contributed by atoms with Gasteiger partial charge in [-0.3, -0.25) is 4.90 Å². The van der Waals surface area contributed by atoms with Gasteiger partial charge in [-0.2, -0.15) is 4.31 Å². The molecule has 1 fully saturated rings. The maximum atomic E-state index is 12.9. The molecule has 8 heteroatoms. The topological polar surface area (TPSA) is 76.2 Å². The van der Waals surface area contributed by atoms with Crippen molar-refractivity contribution in [2.75, 3.05) is 25.1 Å². The van der Waals surface area contributed by atoms with Gasteiger partial charge in [0.15, 0.2) is 0 Å². The van der Waals surface area contributed by atoms with Gasteiger partial charge in [-0.1, -0.05) is 18.2 Å². The van der Waals surface area contributed by atoms with Crippen LogP contribution in [-0.2, 0) is 21.4 Å². The zero-order chi connectivity index (χ0) is 19.7. The summed E-state index contributed by atoms with van der Waals surface area (Å²) in [6, 6.07) is 14.0. The van der Waals surface area contributed by atoms with E-state index in [1.54, 1.807) is 29.2 Å². The lowest BCUT2D eigenvalue weighted by Crippen LogP contribution is -2.50. The lowest BCUT2D eigenvalue weighted by molar-refractivity contribution is 0.136. The van der Waals surface area contributed by atoms with Gasteiger partial charge in [-0.25, -0.2) is 13.2 Å². The minimum absolute atomic E-state index is 0.0868. The number of fused-ring (bicyclic) bond motifs is 1. The van der Waals surface area contributed by atoms with E-state index in [1.165, 1.54) is 11.4 Å². The SMILES string of the molecule is COc1ccc(S(=O)(=O)N2CCC(N3C(=O)OCc4ccccc43)CC2)cc1. The van der Waals surface area contributed by atoms with Crippen LogP contribution in [0.2, 0.25) is 0 Å². The lowest BCUT2D eigenvalue weighted by Gasteiger charge is -2.39. The third-order valence-corrected chi connectivity index (χ3v) is 7.20. The number of piperidine rings is 1. The van der Waals surface area contributed by atoms with Gasteiger partial charge in [-0.05, 0) is 43.2 Å². The molecule has 1 saturated heterocycles. The van der Waals surface area contributed by atoms with Gasteiger partial charge in [-0.15, -0.1) is 0 Å². The number of ether oxygens (including phenoxy) is 2. The van der Waals surface area contributed by atoms with E-state index in [2.05, 4.69) is 0 Å². The molecule has 2 aliphatic heterocycles. The predicted octanol–water partition coefficient (Wildman–Crippen LogP) is 3.01. The Hall–Kier alpha value is -2.58. The summed E-state index contributed by atoms with van der Waals surface area (Å²) < 4.78 is 37.7. The summed E-state index contributed by atoms with van der Waals surface area (Å²) in [6.45, 7) is 0.978. The van der Waals surface area contributed by atoms with Crippen LogP contribution in [0.1, 0.15) is 18.4 Å². The van der Waals surface area contributed by atoms with Crippen LogP contribution < -0.4 is 9.64 Å². The number of para-hydroxylation sites is 1. The maximum absolute atomic E-state index is 12.9. The molecular weight excluding hydrogens is 380 g/mol. The molecule has 2 heterocycles. The van der Waals surface area contributed by atoms with Crippen molar-refractivity contribution < 1.29 is 22.7 Å². The second-order valence-electron chi connectivity index (χ2n) is 6.86. The molecule has 4 rings (SSSR count). The first kappa shape index (κ1) is 18.8. The minimum atomic E-state index is -3.57. The number of sulfonamides is 1. The maximum Gasteiger partial charge on any atom is 0.414 e. The number of rotatable bonds is 4. The Morgan fingerprint density at radius 3 is 2.39 bits per heavy atom. The summed E-state index contributed by atoms with van der Waals surface area (Å²) >= 11 is 0. The fourth-order valence-electron chi connectivity index (χ4n) is 3.76. The van der Waals surface area contributed by atoms with Gasteiger partial charge in [0.2, 0.25) is 10.0 Å². The number of nitrogens with zero attached hydrogens (tertiary/aromatic N) is 2. The fraction of sp³-hybridized carbons (Fsp3) is 0.350. The molecule has 0 atom stereocenters. The van der Waals surface area contributed by atoms with E-state index >= 15 is 0 Å². The Morgan fingerprint density at radius 1 is 1.04 bits per heavy atom. The van der Waals surface area contributed by atoms with Crippen molar-refractivity contribution in [3.63, 3.8) is 0 Å². The van der Waals surface area contributed by atoms with E-state index in [1.807, 2.05) is 24.3 Å². The Kier molecular flexibility index (Phi) is 4.99. The van der Waals surface area contributed by atoms with Crippen LogP contribution in [0, 0.1) is 0 Å². The summed E-state index contributed by atoms with van der Waals surface area (Å²) in [6.07, 6.45) is 0.743. The Bertz CT molecular complexity index is 966. The van der Waals surface area contributed by atoms with E-state index in [-0.39, 0.29) is 23.6 Å². The third-order valence-electron chi connectivity index (χ3n) is 5.28. The molecule has 0 bridgehead atoms. The molecule has 0 spiro atoms. The number of carbonyl (C=O) groups excluding carboxylic acids is 1. The summed E-state index contributed by atoms with van der Waals surface area (Å²) in [5.41, 5.74) is 1.82. The van der Waals surface area contributed by atoms with Crippen LogP contribution in [0.5, 0.6) is 5.75 Å². The van der Waals surface area contributed by atoms with Crippen LogP contribution >= 0.6 is 0 Å². The Morgan fingerprint density at radius 2 is 1.71 bits per heavy atom. The molecule has 0 radical (unpaired) electrons. The van der Waals surface area contributed by atoms with Gasteiger partial charge in [0.1, 0.15) is 12.4 Å². The molecule has 2 aromatic rings. The van der Waals surface area contributed by atoms with E-state index in [9.17, 15) is 13.2 Å². The zero-order valence-corrected chi connectivity index (χ0v) is 16.4. The molecule has 28 heavy (non-hydrogen) atoms. The highest BCUT2D eigenvalue weighted by Crippen LogP contribution is 2.32. The van der Waals surface area contributed by atoms with Crippen molar-refractivity contribution in [3.05, 3.63) is 54.1 Å². The van der Waals surface area contributed by atoms with Crippen LogP contribution in [-0.4, -0.2) is 45.1 Å². The highest BCUT2D eigenvalue weighted by molar-refractivity contribution is 7.89. The van der Waals surface area contributed by atoms with E-state index in [4.69, 9.17) is 9.47 Å². The first-order chi connectivity index (χ1) is 13.5. The Balaban J connectivity index is 1.49. The molecule has 2 aromatic carbocycles. The number of hydrogen-bond acceptors (Lipinski definition) is 5. The Labute approximate surface area is 164 Å². The second kappa shape index (κ2) is 7.44. The monoisotopic (exact) mass is 402 g/mol. The summed E-state index contributed by atoms with van der Waals surface area (Å²) in [4.78, 5) is 14.3. The van der Waals surface area contributed by atoms with Gasteiger partial charge < -0.3 is 9.47 Å². The molecule has 2 aliphatic rings. The molecule has 7 nitrogen and oxygen atoms in total. The van der Waals surface area contributed by atoms with Crippen molar-refractivity contribution in [1.82, 2.24) is 4.31 Å². The van der Waals surface area contributed by atoms with Crippen LogP contribution in [0.15, 0.2) is 53.4 Å². The normalized spacial score (nSPS) is 18.5. The second-order valence-corrected chi connectivity index (χ2v) is 8.80. The number of benzene rings is 2. The zero-order valence-electron chi connectivity index (χ0n) is 15.6. The number of hydrogen-bond donors (Lipinski definition) is 0. The largest absolute Gasteiger partial charge is 0.497 e. The average Bonchev–Trinajstić information content (AvgIpc) is 2.74. The van der Waals surface area contributed by atoms with Crippen molar-refractivity contribution >= 4 is 21.8 Å². The quantitative estimate of drug-likeness (QED) is 0.786. The molecule has 0 unspecified atom stereocenters. The molecule has 0 saturated carbocycles. The van der Waals surface area contributed by atoms with E-state index in [0.29, 0.717) is 31.7 Å². The van der Waals surface area contributed by atoms with Crippen LogP contribution in [0.3, 0.4) is 0 Å². The first-order valence-electron chi connectivity index (χ1n) is 9.19. The average molecular weight is 402 g/mol. The molecule has 0 aliphatic carbocycles. The predicted molar refractivity (Wildman–Crippen MR) is 104 cm³/mol. The number of methoxy groups -OCH3 is 1. The fourth-order valence-corrected chi connectivity index (χ4v) is 5.23. The van der Waals surface area contributed by atoms with Crippen molar-refractivity contribution in [3.8, 4) is 5.75 Å². The van der Waals surface area contributed by atoms with E-state index in [0.717, 1.165) is 11.3 Å². The number of anilines is 1. The summed E-state index contributed by atoms with van der Waals surface area (Å²) in [5, 5.41) is 0. The lowest BCUT2D eigenvalue weighted by atomic mass is 10.0. The highest BCUT2D eigenvalue weighted by atomic mass is 32.2. The van der Waals surface area contributed by atoms with Gasteiger partial charge in [0, 0.05) is 24.7 Å². The van der Waals surface area contributed by atoms with Gasteiger partial charge in [0.25, 0.3) is 0 Å². The number of carbonyl (C=O) groups is 1. The molecule has 0 aromatic heterocycles. The summed E-state index contributed by atoms with van der Waals surface area (Å²) in [7, 11) is -2.03. The molecule has 1 amide bonds. The van der Waals surface area contributed by atoms with Crippen molar-refractivity contribution in [2.24, 2.45) is 0 Å². The van der Waals surface area contributed by atoms with Gasteiger partial charge in [0.05, 0.1) is 17.7 Å². The molecular formula is C20H22N2O5S. The minimum Gasteiger partial charge on any atom is -0.497 e. The van der Waals surface area contributed by atoms with E-state index < -0.39 is 10.0 Å². The van der Waals surface area contributed by atoms with Crippen LogP contribution in [0.25, 0.3) is 0 Å².